The van der Waals surface area contributed by atoms with Crippen LogP contribution in [-0.2, 0) is 5.41 Å². The van der Waals surface area contributed by atoms with Gasteiger partial charge in [-0.15, -0.1) is 0 Å². The molecule has 0 atom stereocenters. The normalized spacial score (nSPS) is 14.7. The quantitative estimate of drug-likeness (QED) is 0.348. The van der Waals surface area contributed by atoms with Crippen LogP contribution in [0.5, 0.6) is 17.2 Å². The molecule has 4 rings (SSSR count). The molecule has 0 unspecified atom stereocenters. The number of aryl methyl sites for hydroxylation is 2. The van der Waals surface area contributed by atoms with Crippen molar-refractivity contribution in [1.29, 1.82) is 0 Å². The predicted octanol–water partition coefficient (Wildman–Crippen LogP) is 10.1. The number of hydrogen-bond donors (Lipinski definition) is 0. The Hall–Kier alpha value is -3.26. The Kier molecular flexibility index (Phi) is 8.51. The van der Waals surface area contributed by atoms with Gasteiger partial charge in [-0.3, -0.25) is 0 Å². The third kappa shape index (κ3) is 6.29. The maximum atomic E-state index is 6.15. The standard InChI is InChI=1S/C32H36O2.C2H6/c1-22-8-13-29(20-23(22)2)33-27-14-9-25(10-15-27)32(6,7)26-11-16-28(17-12-26)34-30-18-19-31(4,5)24(3)21-30;1-2/h8-18,20-21H,19H2,1-7H3;1-2H3. The molecule has 0 spiro atoms. The van der Waals surface area contributed by atoms with E-state index in [4.69, 9.17) is 9.47 Å². The highest BCUT2D eigenvalue weighted by Gasteiger charge is 2.25. The van der Waals surface area contributed by atoms with E-state index in [1.807, 2.05) is 19.9 Å². The van der Waals surface area contributed by atoms with Gasteiger partial charge in [0.05, 0.1) is 0 Å². The van der Waals surface area contributed by atoms with Crippen molar-refractivity contribution in [2.45, 2.75) is 74.1 Å². The van der Waals surface area contributed by atoms with E-state index in [1.165, 1.54) is 27.8 Å². The topological polar surface area (TPSA) is 18.5 Å². The molecule has 3 aromatic rings. The molecule has 1 aliphatic carbocycles. The average Bonchev–Trinajstić information content (AvgIpc) is 2.86. The minimum atomic E-state index is -0.137. The van der Waals surface area contributed by atoms with Crippen molar-refractivity contribution in [3.05, 3.63) is 112 Å². The fourth-order valence-electron chi connectivity index (χ4n) is 4.15. The highest BCUT2D eigenvalue weighted by atomic mass is 16.5. The van der Waals surface area contributed by atoms with E-state index in [0.29, 0.717) is 0 Å². The Morgan fingerprint density at radius 2 is 1.17 bits per heavy atom. The van der Waals surface area contributed by atoms with Crippen molar-refractivity contribution in [2.24, 2.45) is 5.41 Å². The molecule has 0 radical (unpaired) electrons. The average molecular weight is 483 g/mol. The third-order valence-electron chi connectivity index (χ3n) is 7.34. The molecular formula is C34H42O2. The number of rotatable bonds is 6. The fraction of sp³-hybridized carbons (Fsp3) is 0.353. The van der Waals surface area contributed by atoms with Gasteiger partial charge in [0.2, 0.25) is 0 Å². The molecule has 0 amide bonds. The Balaban J connectivity index is 0.00000176. The van der Waals surface area contributed by atoms with E-state index in [9.17, 15) is 0 Å². The van der Waals surface area contributed by atoms with Gasteiger partial charge in [-0.1, -0.05) is 77.4 Å². The summed E-state index contributed by atoms with van der Waals surface area (Å²) >= 11 is 0. The molecule has 2 nitrogen and oxygen atoms in total. The van der Waals surface area contributed by atoms with Crippen LogP contribution in [0.2, 0.25) is 0 Å². The van der Waals surface area contributed by atoms with Gasteiger partial charge >= 0.3 is 0 Å². The molecule has 3 aromatic carbocycles. The maximum Gasteiger partial charge on any atom is 0.127 e. The Morgan fingerprint density at radius 1 is 0.667 bits per heavy atom. The molecule has 2 heteroatoms. The van der Waals surface area contributed by atoms with Crippen molar-refractivity contribution in [2.75, 3.05) is 0 Å². The summed E-state index contributed by atoms with van der Waals surface area (Å²) in [6, 6.07) is 23.1. The van der Waals surface area contributed by atoms with E-state index in [1.54, 1.807) is 0 Å². The smallest absolute Gasteiger partial charge is 0.127 e. The van der Waals surface area contributed by atoms with Gasteiger partial charge in [-0.25, -0.2) is 0 Å². The summed E-state index contributed by atoms with van der Waals surface area (Å²) in [4.78, 5) is 0. The van der Waals surface area contributed by atoms with E-state index < -0.39 is 0 Å². The van der Waals surface area contributed by atoms with Gasteiger partial charge in [0.15, 0.2) is 0 Å². The summed E-state index contributed by atoms with van der Waals surface area (Å²) in [5, 5.41) is 0. The fourth-order valence-corrected chi connectivity index (χ4v) is 4.15. The van der Waals surface area contributed by atoms with Crippen molar-refractivity contribution >= 4 is 0 Å². The predicted molar refractivity (Wildman–Crippen MR) is 153 cm³/mol. The Labute approximate surface area is 218 Å². The molecule has 0 saturated carbocycles. The van der Waals surface area contributed by atoms with Crippen LogP contribution in [0.25, 0.3) is 0 Å². The monoisotopic (exact) mass is 482 g/mol. The van der Waals surface area contributed by atoms with Crippen molar-refractivity contribution in [3.63, 3.8) is 0 Å². The van der Waals surface area contributed by atoms with Crippen molar-refractivity contribution in [3.8, 4) is 17.2 Å². The lowest BCUT2D eigenvalue weighted by Crippen LogP contribution is -2.18. The SMILES string of the molecule is CC.CC1=CC(Oc2ccc(C(C)(C)c3ccc(Oc4ccc(C)c(C)c4)cc3)cc2)=CCC1(C)C. The van der Waals surface area contributed by atoms with Crippen LogP contribution in [-0.4, -0.2) is 0 Å². The summed E-state index contributed by atoms with van der Waals surface area (Å²) in [5.41, 5.74) is 6.41. The molecule has 0 aliphatic heterocycles. The van der Waals surface area contributed by atoms with Gasteiger partial charge in [-0.2, -0.15) is 0 Å². The highest BCUT2D eigenvalue weighted by molar-refractivity contribution is 5.44. The van der Waals surface area contributed by atoms with Gasteiger partial charge in [-0.05, 0) is 103 Å². The van der Waals surface area contributed by atoms with Crippen LogP contribution >= 0.6 is 0 Å². The van der Waals surface area contributed by atoms with E-state index in [-0.39, 0.29) is 10.8 Å². The summed E-state index contributed by atoms with van der Waals surface area (Å²) < 4.78 is 12.2. The first-order valence-corrected chi connectivity index (χ1v) is 13.1. The van der Waals surface area contributed by atoms with Crippen molar-refractivity contribution < 1.29 is 9.47 Å². The zero-order chi connectivity index (χ0) is 26.5. The molecule has 36 heavy (non-hydrogen) atoms. The highest BCUT2D eigenvalue weighted by Crippen LogP contribution is 2.37. The first-order valence-electron chi connectivity index (χ1n) is 13.1. The summed E-state index contributed by atoms with van der Waals surface area (Å²) in [6.07, 6.45) is 5.34. The number of benzene rings is 3. The molecule has 0 saturated heterocycles. The van der Waals surface area contributed by atoms with Gasteiger partial charge in [0.1, 0.15) is 23.0 Å². The zero-order valence-corrected chi connectivity index (χ0v) is 23.5. The largest absolute Gasteiger partial charge is 0.458 e. The molecular weight excluding hydrogens is 440 g/mol. The van der Waals surface area contributed by atoms with E-state index in [2.05, 4.69) is 121 Å². The van der Waals surface area contributed by atoms with E-state index >= 15 is 0 Å². The van der Waals surface area contributed by atoms with Crippen LogP contribution in [0.4, 0.5) is 0 Å². The van der Waals surface area contributed by atoms with Gasteiger partial charge in [0.25, 0.3) is 0 Å². The summed E-state index contributed by atoms with van der Waals surface area (Å²) in [6.45, 7) is 19.4. The lowest BCUT2D eigenvalue weighted by Gasteiger charge is -2.29. The first kappa shape index (κ1) is 27.3. The zero-order valence-electron chi connectivity index (χ0n) is 23.5. The van der Waals surface area contributed by atoms with Gasteiger partial charge in [0, 0.05) is 5.41 Å². The second-order valence-electron chi connectivity index (χ2n) is 10.6. The number of allylic oxidation sites excluding steroid dienone is 3. The molecule has 0 aromatic heterocycles. The third-order valence-corrected chi connectivity index (χ3v) is 7.34. The lowest BCUT2D eigenvalue weighted by molar-refractivity contribution is 0.395. The van der Waals surface area contributed by atoms with Gasteiger partial charge < -0.3 is 9.47 Å². The summed E-state index contributed by atoms with van der Waals surface area (Å²) in [5.74, 6) is 3.51. The van der Waals surface area contributed by atoms with Crippen LogP contribution in [0.1, 0.15) is 77.1 Å². The molecule has 0 bridgehead atoms. The molecule has 0 N–H and O–H groups in total. The van der Waals surface area contributed by atoms with Crippen LogP contribution < -0.4 is 9.47 Å². The van der Waals surface area contributed by atoms with Crippen LogP contribution in [0, 0.1) is 19.3 Å². The maximum absolute atomic E-state index is 6.15. The summed E-state index contributed by atoms with van der Waals surface area (Å²) in [7, 11) is 0. The molecule has 190 valence electrons. The second kappa shape index (κ2) is 11.2. The van der Waals surface area contributed by atoms with Crippen LogP contribution in [0.3, 0.4) is 0 Å². The Bertz CT molecular complexity index is 1220. The molecule has 0 fully saturated rings. The number of ether oxygens (including phenoxy) is 2. The minimum Gasteiger partial charge on any atom is -0.458 e. The second-order valence-corrected chi connectivity index (χ2v) is 10.6. The van der Waals surface area contributed by atoms with Crippen molar-refractivity contribution in [1.82, 2.24) is 0 Å². The lowest BCUT2D eigenvalue weighted by atomic mass is 9.78. The first-order chi connectivity index (χ1) is 17.0. The Morgan fingerprint density at radius 3 is 1.67 bits per heavy atom. The molecule has 1 aliphatic rings. The number of hydrogen-bond acceptors (Lipinski definition) is 2. The van der Waals surface area contributed by atoms with Crippen LogP contribution in [0.15, 0.2) is 90.2 Å². The molecule has 0 heterocycles. The minimum absolute atomic E-state index is 0.137. The van der Waals surface area contributed by atoms with E-state index in [0.717, 1.165) is 29.4 Å².